The van der Waals surface area contributed by atoms with Crippen LogP contribution in [0.5, 0.6) is 0 Å². The molecular weight excluding hydrogens is 228 g/mol. The van der Waals surface area contributed by atoms with Gasteiger partial charge in [-0.15, -0.1) is 0 Å². The summed E-state index contributed by atoms with van der Waals surface area (Å²) in [6.45, 7) is 9.28. The minimum atomic E-state index is 0.716. The molecule has 0 unspecified atom stereocenters. The number of nitrogens with zero attached hydrogens (tertiary/aromatic N) is 3. The molecule has 5 nitrogen and oxygen atoms in total. The van der Waals surface area contributed by atoms with E-state index in [2.05, 4.69) is 27.1 Å². The molecule has 18 heavy (non-hydrogen) atoms. The van der Waals surface area contributed by atoms with Crippen molar-refractivity contribution in [2.75, 3.05) is 43.6 Å². The first-order valence-corrected chi connectivity index (χ1v) is 6.55. The molecule has 0 saturated carbocycles. The highest BCUT2D eigenvalue weighted by molar-refractivity contribution is 5.48. The Kier molecular flexibility index (Phi) is 6.43. The van der Waals surface area contributed by atoms with E-state index in [1.54, 1.807) is 0 Å². The average molecular weight is 252 g/mol. The number of hydrogen-bond donors (Lipinski definition) is 1. The molecule has 0 aliphatic heterocycles. The Labute approximate surface area is 110 Å². The van der Waals surface area contributed by atoms with Gasteiger partial charge in [0.15, 0.2) is 0 Å². The number of aryl methyl sites for hydroxylation is 1. The molecule has 5 heteroatoms. The summed E-state index contributed by atoms with van der Waals surface area (Å²) >= 11 is 0. The molecule has 1 heterocycles. The van der Waals surface area contributed by atoms with E-state index in [1.165, 1.54) is 0 Å². The molecule has 0 aliphatic carbocycles. The summed E-state index contributed by atoms with van der Waals surface area (Å²) in [7, 11) is 2.02. The molecule has 0 amide bonds. The molecule has 0 aliphatic rings. The van der Waals surface area contributed by atoms with Crippen molar-refractivity contribution >= 4 is 11.6 Å². The second kappa shape index (κ2) is 7.87. The smallest absolute Gasteiger partial charge is 0.134 e. The van der Waals surface area contributed by atoms with Crippen LogP contribution in [0.1, 0.15) is 26.1 Å². The van der Waals surface area contributed by atoms with E-state index in [0.717, 1.165) is 43.6 Å². The largest absolute Gasteiger partial charge is 0.380 e. The monoisotopic (exact) mass is 252 g/mol. The van der Waals surface area contributed by atoms with Gasteiger partial charge in [-0.1, -0.05) is 6.92 Å². The van der Waals surface area contributed by atoms with Gasteiger partial charge in [0, 0.05) is 32.8 Å². The molecule has 1 rings (SSSR count). The van der Waals surface area contributed by atoms with Gasteiger partial charge in [-0.3, -0.25) is 0 Å². The first kappa shape index (κ1) is 14.7. The van der Waals surface area contributed by atoms with Crippen LogP contribution >= 0.6 is 0 Å². The SMILES string of the molecule is CCCNc1cc(N(C)CCOCC)nc(C)n1. The average Bonchev–Trinajstić information content (AvgIpc) is 2.36. The van der Waals surface area contributed by atoms with Crippen LogP contribution in [-0.4, -0.2) is 43.3 Å². The fourth-order valence-electron chi connectivity index (χ4n) is 1.55. The van der Waals surface area contributed by atoms with Crippen LogP contribution in [0.4, 0.5) is 11.6 Å². The summed E-state index contributed by atoms with van der Waals surface area (Å²) in [5.74, 6) is 2.61. The first-order valence-electron chi connectivity index (χ1n) is 6.55. The van der Waals surface area contributed by atoms with E-state index in [0.29, 0.717) is 6.61 Å². The van der Waals surface area contributed by atoms with Crippen molar-refractivity contribution in [1.29, 1.82) is 0 Å². The number of aromatic nitrogens is 2. The lowest BCUT2D eigenvalue weighted by Crippen LogP contribution is -2.24. The van der Waals surface area contributed by atoms with Gasteiger partial charge in [0.1, 0.15) is 17.5 Å². The van der Waals surface area contributed by atoms with Crippen LogP contribution in [0, 0.1) is 6.92 Å². The van der Waals surface area contributed by atoms with Crippen LogP contribution in [0.15, 0.2) is 6.07 Å². The van der Waals surface area contributed by atoms with Gasteiger partial charge in [0.05, 0.1) is 6.61 Å². The topological polar surface area (TPSA) is 50.3 Å². The highest BCUT2D eigenvalue weighted by Crippen LogP contribution is 2.14. The summed E-state index contributed by atoms with van der Waals surface area (Å²) in [4.78, 5) is 10.9. The lowest BCUT2D eigenvalue weighted by atomic mass is 10.4. The predicted molar refractivity (Wildman–Crippen MR) is 75.3 cm³/mol. The number of hydrogen-bond acceptors (Lipinski definition) is 5. The van der Waals surface area contributed by atoms with Crippen LogP contribution in [0.25, 0.3) is 0 Å². The molecule has 0 spiro atoms. The predicted octanol–water partition coefficient (Wildman–Crippen LogP) is 2.08. The lowest BCUT2D eigenvalue weighted by Gasteiger charge is -2.19. The third-order valence-corrected chi connectivity index (χ3v) is 2.55. The second-order valence-corrected chi connectivity index (χ2v) is 4.20. The van der Waals surface area contributed by atoms with Crippen LogP contribution in [0.2, 0.25) is 0 Å². The van der Waals surface area contributed by atoms with Gasteiger partial charge in [-0.05, 0) is 20.3 Å². The first-order chi connectivity index (χ1) is 8.67. The minimum Gasteiger partial charge on any atom is -0.380 e. The molecule has 0 aromatic carbocycles. The van der Waals surface area contributed by atoms with Gasteiger partial charge in [0.2, 0.25) is 0 Å². The fraction of sp³-hybridized carbons (Fsp3) is 0.692. The minimum absolute atomic E-state index is 0.716. The summed E-state index contributed by atoms with van der Waals surface area (Å²) < 4.78 is 5.35. The zero-order chi connectivity index (χ0) is 13.4. The molecular formula is C13H24N4O. The van der Waals surface area contributed by atoms with Gasteiger partial charge < -0.3 is 15.0 Å². The van der Waals surface area contributed by atoms with Crippen molar-refractivity contribution < 1.29 is 4.74 Å². The van der Waals surface area contributed by atoms with Crippen molar-refractivity contribution in [2.45, 2.75) is 27.2 Å². The van der Waals surface area contributed by atoms with Crippen LogP contribution < -0.4 is 10.2 Å². The maximum absolute atomic E-state index is 5.35. The molecule has 1 N–H and O–H groups in total. The number of nitrogens with one attached hydrogen (secondary N) is 1. The van der Waals surface area contributed by atoms with Gasteiger partial charge in [-0.25, -0.2) is 9.97 Å². The summed E-state index contributed by atoms with van der Waals surface area (Å²) in [6, 6.07) is 1.98. The van der Waals surface area contributed by atoms with Crippen LogP contribution in [0.3, 0.4) is 0 Å². The Balaban J connectivity index is 2.65. The van der Waals surface area contributed by atoms with E-state index in [9.17, 15) is 0 Å². The Morgan fingerprint density at radius 2 is 2.11 bits per heavy atom. The van der Waals surface area contributed by atoms with Gasteiger partial charge in [0.25, 0.3) is 0 Å². The van der Waals surface area contributed by atoms with Crippen LogP contribution in [-0.2, 0) is 4.74 Å². The van der Waals surface area contributed by atoms with Gasteiger partial charge in [-0.2, -0.15) is 0 Å². The van der Waals surface area contributed by atoms with Crippen molar-refractivity contribution in [3.05, 3.63) is 11.9 Å². The Bertz CT molecular complexity index is 357. The third-order valence-electron chi connectivity index (χ3n) is 2.55. The highest BCUT2D eigenvalue weighted by atomic mass is 16.5. The molecule has 102 valence electrons. The highest BCUT2D eigenvalue weighted by Gasteiger charge is 2.06. The summed E-state index contributed by atoms with van der Waals surface area (Å²) in [5, 5.41) is 3.29. The van der Waals surface area contributed by atoms with Crippen molar-refractivity contribution in [1.82, 2.24) is 9.97 Å². The second-order valence-electron chi connectivity index (χ2n) is 4.20. The molecule has 1 aromatic rings. The molecule has 0 radical (unpaired) electrons. The third kappa shape index (κ3) is 4.87. The lowest BCUT2D eigenvalue weighted by molar-refractivity contribution is 0.154. The van der Waals surface area contributed by atoms with E-state index < -0.39 is 0 Å². The Morgan fingerprint density at radius 1 is 1.33 bits per heavy atom. The standard InChI is InChI=1S/C13H24N4O/c1-5-7-14-12-10-13(16-11(3)15-12)17(4)8-9-18-6-2/h10H,5-9H2,1-4H3,(H,14,15,16). The zero-order valence-corrected chi connectivity index (χ0v) is 11.9. The van der Waals surface area contributed by atoms with Gasteiger partial charge >= 0.3 is 0 Å². The molecule has 0 saturated heterocycles. The van der Waals surface area contributed by atoms with E-state index in [4.69, 9.17) is 4.74 Å². The van der Waals surface area contributed by atoms with Crippen molar-refractivity contribution in [3.63, 3.8) is 0 Å². The maximum atomic E-state index is 5.35. The van der Waals surface area contributed by atoms with Crippen molar-refractivity contribution in [2.24, 2.45) is 0 Å². The molecule has 1 aromatic heterocycles. The Hall–Kier alpha value is -1.36. The maximum Gasteiger partial charge on any atom is 0.134 e. The number of likely N-dealkylation sites (N-methyl/N-ethyl adjacent to an activating group) is 1. The summed E-state index contributed by atoms with van der Waals surface area (Å²) in [6.07, 6.45) is 1.08. The normalized spacial score (nSPS) is 10.4. The zero-order valence-electron chi connectivity index (χ0n) is 11.9. The van der Waals surface area contributed by atoms with E-state index >= 15 is 0 Å². The summed E-state index contributed by atoms with van der Waals surface area (Å²) in [5.41, 5.74) is 0. The Morgan fingerprint density at radius 3 is 2.78 bits per heavy atom. The number of ether oxygens (including phenoxy) is 1. The molecule has 0 atom stereocenters. The number of anilines is 2. The van der Waals surface area contributed by atoms with Crippen molar-refractivity contribution in [3.8, 4) is 0 Å². The van der Waals surface area contributed by atoms with E-state index in [-0.39, 0.29) is 0 Å². The number of rotatable bonds is 8. The molecule has 0 bridgehead atoms. The fourth-order valence-corrected chi connectivity index (χ4v) is 1.55. The quantitative estimate of drug-likeness (QED) is 0.718. The van der Waals surface area contributed by atoms with E-state index in [1.807, 2.05) is 27.0 Å². The molecule has 0 fully saturated rings.